The maximum absolute atomic E-state index is 14.7. The fraction of sp³-hybridized carbons (Fsp3) is 0.333. The Morgan fingerprint density at radius 2 is 1.42 bits per heavy atom. The van der Waals surface area contributed by atoms with Crippen molar-refractivity contribution >= 4 is 0 Å². The van der Waals surface area contributed by atoms with E-state index in [9.17, 15) is 13.2 Å². The lowest BCUT2D eigenvalue weighted by atomic mass is 9.82. The van der Waals surface area contributed by atoms with Gasteiger partial charge in [0.25, 0.3) is 0 Å². The van der Waals surface area contributed by atoms with Gasteiger partial charge in [0.05, 0.1) is 26.9 Å². The van der Waals surface area contributed by atoms with Gasteiger partial charge in [0.2, 0.25) is 0 Å². The summed E-state index contributed by atoms with van der Waals surface area (Å²) in [5.41, 5.74) is 1.65. The van der Waals surface area contributed by atoms with Gasteiger partial charge in [-0.2, -0.15) is 0 Å². The maximum atomic E-state index is 14.7. The maximum Gasteiger partial charge on any atom is 0.167 e. The molecule has 0 atom stereocenters. The predicted molar refractivity (Wildman–Crippen MR) is 121 cm³/mol. The Kier molecular flexibility index (Phi) is 7.23. The predicted octanol–water partition coefficient (Wildman–Crippen LogP) is 7.03. The van der Waals surface area contributed by atoms with Gasteiger partial charge in [-0.25, -0.2) is 13.2 Å². The largest absolute Gasteiger partial charge is 0.497 e. The quantitative estimate of drug-likeness (QED) is 0.382. The summed E-state index contributed by atoms with van der Waals surface area (Å²) in [6, 6.07) is 14.9. The molecule has 1 aliphatic carbocycles. The zero-order chi connectivity index (χ0) is 23.4. The SMILES string of the molecule is COc1ccc(-c2ccc(COC3CCC(c4ccc(OC)cc4F)CC3)c(F)c2F)cc1. The molecule has 1 fully saturated rings. The van der Waals surface area contributed by atoms with Crippen LogP contribution in [0.15, 0.2) is 54.6 Å². The van der Waals surface area contributed by atoms with E-state index in [-0.39, 0.29) is 35.6 Å². The summed E-state index contributed by atoms with van der Waals surface area (Å²) in [5.74, 6) is -0.770. The van der Waals surface area contributed by atoms with Crippen molar-refractivity contribution in [3.63, 3.8) is 0 Å². The summed E-state index contributed by atoms with van der Waals surface area (Å²) in [7, 11) is 3.06. The molecule has 3 aromatic carbocycles. The molecule has 0 amide bonds. The fourth-order valence-electron chi connectivity index (χ4n) is 4.41. The zero-order valence-electron chi connectivity index (χ0n) is 18.7. The Labute approximate surface area is 192 Å². The van der Waals surface area contributed by atoms with Crippen LogP contribution in [0.1, 0.15) is 42.7 Å². The highest BCUT2D eigenvalue weighted by molar-refractivity contribution is 5.65. The highest BCUT2D eigenvalue weighted by atomic mass is 19.2. The van der Waals surface area contributed by atoms with Crippen molar-refractivity contribution < 1.29 is 27.4 Å². The van der Waals surface area contributed by atoms with Gasteiger partial charge in [0.15, 0.2) is 11.6 Å². The second-order valence-corrected chi connectivity index (χ2v) is 8.30. The third kappa shape index (κ3) is 5.17. The van der Waals surface area contributed by atoms with Crippen molar-refractivity contribution in [1.82, 2.24) is 0 Å². The molecule has 0 saturated heterocycles. The number of ether oxygens (including phenoxy) is 3. The van der Waals surface area contributed by atoms with Gasteiger partial charge < -0.3 is 14.2 Å². The van der Waals surface area contributed by atoms with E-state index in [0.717, 1.165) is 25.7 Å². The standard InChI is InChI=1S/C27H27F3O3/c1-31-20-8-3-18(4-9-20)24-13-7-19(26(29)27(24)30)16-33-21-10-5-17(6-11-21)23-14-12-22(32-2)15-25(23)28/h3-4,7-9,12-15,17,21H,5-6,10-11,16H2,1-2H3. The summed E-state index contributed by atoms with van der Waals surface area (Å²) >= 11 is 0. The van der Waals surface area contributed by atoms with Crippen molar-refractivity contribution in [1.29, 1.82) is 0 Å². The zero-order valence-corrected chi connectivity index (χ0v) is 18.7. The van der Waals surface area contributed by atoms with Crippen molar-refractivity contribution in [2.24, 2.45) is 0 Å². The van der Waals surface area contributed by atoms with Gasteiger partial charge in [0.1, 0.15) is 17.3 Å². The fourth-order valence-corrected chi connectivity index (χ4v) is 4.41. The number of halogens is 3. The molecule has 0 unspecified atom stereocenters. The Hall–Kier alpha value is -2.99. The topological polar surface area (TPSA) is 27.7 Å². The summed E-state index contributed by atoms with van der Waals surface area (Å²) < 4.78 is 59.9. The molecule has 1 saturated carbocycles. The normalized spacial score (nSPS) is 18.2. The van der Waals surface area contributed by atoms with Crippen LogP contribution in [0.2, 0.25) is 0 Å². The monoisotopic (exact) mass is 456 g/mol. The van der Waals surface area contributed by atoms with Crippen molar-refractivity contribution in [3.8, 4) is 22.6 Å². The van der Waals surface area contributed by atoms with Crippen molar-refractivity contribution in [2.75, 3.05) is 14.2 Å². The molecule has 0 aliphatic heterocycles. The molecule has 0 radical (unpaired) electrons. The van der Waals surface area contributed by atoms with E-state index in [1.807, 2.05) is 0 Å². The first kappa shape index (κ1) is 23.2. The minimum atomic E-state index is -0.891. The van der Waals surface area contributed by atoms with Crippen LogP contribution in [-0.2, 0) is 11.3 Å². The highest BCUT2D eigenvalue weighted by Gasteiger charge is 2.25. The number of rotatable bonds is 7. The first-order chi connectivity index (χ1) is 16.0. The smallest absolute Gasteiger partial charge is 0.167 e. The summed E-state index contributed by atoms with van der Waals surface area (Å²) in [5, 5.41) is 0. The van der Waals surface area contributed by atoms with E-state index in [1.165, 1.54) is 13.2 Å². The van der Waals surface area contributed by atoms with Crippen molar-refractivity contribution in [3.05, 3.63) is 83.2 Å². The molecular weight excluding hydrogens is 429 g/mol. The van der Waals surface area contributed by atoms with Crippen LogP contribution in [0.5, 0.6) is 11.5 Å². The van der Waals surface area contributed by atoms with Gasteiger partial charge in [-0.1, -0.05) is 30.3 Å². The first-order valence-corrected chi connectivity index (χ1v) is 11.1. The lowest BCUT2D eigenvalue weighted by Gasteiger charge is -2.29. The molecule has 6 heteroatoms. The molecule has 1 aliphatic rings. The third-order valence-corrected chi connectivity index (χ3v) is 6.36. The second kappa shape index (κ2) is 10.3. The van der Waals surface area contributed by atoms with Crippen LogP contribution >= 0.6 is 0 Å². The van der Waals surface area contributed by atoms with E-state index < -0.39 is 11.6 Å². The molecule has 3 aromatic rings. The first-order valence-electron chi connectivity index (χ1n) is 11.1. The number of benzene rings is 3. The Bertz CT molecular complexity index is 1090. The average molecular weight is 457 g/mol. The minimum absolute atomic E-state index is 0.00211. The third-order valence-electron chi connectivity index (χ3n) is 6.36. The molecule has 33 heavy (non-hydrogen) atoms. The lowest BCUT2D eigenvalue weighted by Crippen LogP contribution is -2.21. The molecule has 0 heterocycles. The second-order valence-electron chi connectivity index (χ2n) is 8.30. The number of hydrogen-bond donors (Lipinski definition) is 0. The van der Waals surface area contributed by atoms with E-state index in [4.69, 9.17) is 14.2 Å². The average Bonchev–Trinajstić information content (AvgIpc) is 2.85. The number of hydrogen-bond acceptors (Lipinski definition) is 3. The van der Waals surface area contributed by atoms with Crippen LogP contribution in [0, 0.1) is 17.5 Å². The van der Waals surface area contributed by atoms with E-state index in [1.54, 1.807) is 55.6 Å². The molecule has 0 aromatic heterocycles. The molecule has 4 rings (SSSR count). The lowest BCUT2D eigenvalue weighted by molar-refractivity contribution is 0.0117. The molecule has 3 nitrogen and oxygen atoms in total. The van der Waals surface area contributed by atoms with Gasteiger partial charge in [0, 0.05) is 17.2 Å². The summed E-state index contributed by atoms with van der Waals surface area (Å²) in [6.07, 6.45) is 2.97. The molecular formula is C27H27F3O3. The molecule has 0 bridgehead atoms. The van der Waals surface area contributed by atoms with Crippen LogP contribution in [0.4, 0.5) is 13.2 Å². The summed E-state index contributed by atoms with van der Waals surface area (Å²) in [6.45, 7) is -0.00211. The Balaban J connectivity index is 1.35. The Morgan fingerprint density at radius 1 is 0.758 bits per heavy atom. The van der Waals surface area contributed by atoms with E-state index in [0.29, 0.717) is 22.6 Å². The van der Waals surface area contributed by atoms with Crippen LogP contribution < -0.4 is 9.47 Å². The van der Waals surface area contributed by atoms with Crippen molar-refractivity contribution in [2.45, 2.75) is 44.3 Å². The minimum Gasteiger partial charge on any atom is -0.497 e. The van der Waals surface area contributed by atoms with Gasteiger partial charge in [-0.05, 0) is 60.9 Å². The van der Waals surface area contributed by atoms with Crippen LogP contribution in [0.3, 0.4) is 0 Å². The van der Waals surface area contributed by atoms with Gasteiger partial charge in [-0.15, -0.1) is 0 Å². The van der Waals surface area contributed by atoms with E-state index in [2.05, 4.69) is 0 Å². The van der Waals surface area contributed by atoms with Gasteiger partial charge >= 0.3 is 0 Å². The Morgan fingerprint density at radius 3 is 2.06 bits per heavy atom. The van der Waals surface area contributed by atoms with Crippen LogP contribution in [0.25, 0.3) is 11.1 Å². The highest BCUT2D eigenvalue weighted by Crippen LogP contribution is 2.37. The molecule has 0 N–H and O–H groups in total. The molecule has 0 spiro atoms. The van der Waals surface area contributed by atoms with Gasteiger partial charge in [-0.3, -0.25) is 0 Å². The van der Waals surface area contributed by atoms with Crippen LogP contribution in [-0.4, -0.2) is 20.3 Å². The number of methoxy groups -OCH3 is 2. The van der Waals surface area contributed by atoms with E-state index >= 15 is 0 Å². The summed E-state index contributed by atoms with van der Waals surface area (Å²) in [4.78, 5) is 0. The molecule has 174 valence electrons.